The highest BCUT2D eigenvalue weighted by Gasteiger charge is 2.23. The fourth-order valence-corrected chi connectivity index (χ4v) is 2.95. The summed E-state index contributed by atoms with van der Waals surface area (Å²) in [5.74, 6) is -1.53. The molecule has 0 radical (unpaired) electrons. The number of aromatic amines is 1. The normalized spacial score (nSPS) is 12.0. The minimum absolute atomic E-state index is 0.164. The van der Waals surface area contributed by atoms with E-state index >= 15 is 0 Å². The summed E-state index contributed by atoms with van der Waals surface area (Å²) >= 11 is 3.30. The van der Waals surface area contributed by atoms with Gasteiger partial charge in [0, 0.05) is 28.7 Å². The van der Waals surface area contributed by atoms with Crippen LogP contribution in [0.25, 0.3) is 11.0 Å². The smallest absolute Gasteiger partial charge is 0.326 e. The summed E-state index contributed by atoms with van der Waals surface area (Å²) in [6, 6.07) is 9.49. The maximum Gasteiger partial charge on any atom is 0.326 e. The summed E-state index contributed by atoms with van der Waals surface area (Å²) in [7, 11) is 0. The molecule has 0 aliphatic heterocycles. The molecule has 24 heavy (non-hydrogen) atoms. The molecule has 7 heteroatoms. The standard InChI is InChI=1S/C17H14BrN3O3/c18-13-6-2-1-4-12(13)16(22)21-14(17(23)24)8-10-9-20-15-11(10)5-3-7-19-15/h1-7,9,14H,8H2,(H,19,20)(H,21,22)(H,23,24)/t14-/m0/s1. The molecule has 1 atom stereocenters. The van der Waals surface area contributed by atoms with Crippen LogP contribution in [0.3, 0.4) is 0 Å². The summed E-state index contributed by atoms with van der Waals surface area (Å²) in [6.45, 7) is 0. The predicted molar refractivity (Wildman–Crippen MR) is 92.8 cm³/mol. The number of aromatic nitrogens is 2. The van der Waals surface area contributed by atoms with Crippen molar-refractivity contribution < 1.29 is 14.7 Å². The van der Waals surface area contributed by atoms with Gasteiger partial charge in [0.25, 0.3) is 5.91 Å². The van der Waals surface area contributed by atoms with E-state index in [9.17, 15) is 14.7 Å². The fourth-order valence-electron chi connectivity index (χ4n) is 2.48. The number of hydrogen-bond acceptors (Lipinski definition) is 3. The maximum absolute atomic E-state index is 12.3. The summed E-state index contributed by atoms with van der Waals surface area (Å²) in [5, 5.41) is 12.9. The second kappa shape index (κ2) is 6.84. The molecule has 1 amide bonds. The average Bonchev–Trinajstić information content (AvgIpc) is 2.97. The highest BCUT2D eigenvalue weighted by Crippen LogP contribution is 2.19. The van der Waals surface area contributed by atoms with Crippen LogP contribution in [0.1, 0.15) is 15.9 Å². The van der Waals surface area contributed by atoms with Gasteiger partial charge in [-0.3, -0.25) is 4.79 Å². The molecule has 1 aromatic carbocycles. The van der Waals surface area contributed by atoms with Crippen molar-refractivity contribution in [3.05, 3.63) is 64.4 Å². The lowest BCUT2D eigenvalue weighted by Gasteiger charge is -2.15. The average molecular weight is 388 g/mol. The molecule has 0 saturated carbocycles. The van der Waals surface area contributed by atoms with Crippen molar-refractivity contribution >= 4 is 38.8 Å². The molecule has 2 heterocycles. The van der Waals surface area contributed by atoms with Crippen LogP contribution in [0.5, 0.6) is 0 Å². The minimum atomic E-state index is -1.09. The number of nitrogens with zero attached hydrogens (tertiary/aromatic N) is 1. The number of nitrogens with one attached hydrogen (secondary N) is 2. The van der Waals surface area contributed by atoms with Crippen molar-refractivity contribution in [1.82, 2.24) is 15.3 Å². The van der Waals surface area contributed by atoms with Gasteiger partial charge in [-0.25, -0.2) is 9.78 Å². The van der Waals surface area contributed by atoms with Gasteiger partial charge in [-0.2, -0.15) is 0 Å². The molecule has 3 rings (SSSR count). The lowest BCUT2D eigenvalue weighted by molar-refractivity contribution is -0.139. The number of carbonyl (C=O) groups excluding carboxylic acids is 1. The van der Waals surface area contributed by atoms with Gasteiger partial charge in [0.2, 0.25) is 0 Å². The number of carboxylic acid groups (broad SMARTS) is 1. The van der Waals surface area contributed by atoms with Crippen molar-refractivity contribution in [2.24, 2.45) is 0 Å². The third-order valence-corrected chi connectivity index (χ3v) is 4.37. The van der Waals surface area contributed by atoms with Crippen LogP contribution in [0.4, 0.5) is 0 Å². The lowest BCUT2D eigenvalue weighted by Crippen LogP contribution is -2.42. The van der Waals surface area contributed by atoms with Gasteiger partial charge in [-0.05, 0) is 45.8 Å². The van der Waals surface area contributed by atoms with E-state index in [2.05, 4.69) is 31.2 Å². The quantitative estimate of drug-likeness (QED) is 0.627. The number of carboxylic acids is 1. The molecule has 3 aromatic rings. The van der Waals surface area contributed by atoms with Crippen LogP contribution in [-0.4, -0.2) is 33.0 Å². The highest BCUT2D eigenvalue weighted by molar-refractivity contribution is 9.10. The largest absolute Gasteiger partial charge is 0.480 e. The summed E-state index contributed by atoms with van der Waals surface area (Å²) in [6.07, 6.45) is 3.54. The van der Waals surface area contributed by atoms with E-state index in [1.807, 2.05) is 6.07 Å². The van der Waals surface area contributed by atoms with E-state index in [-0.39, 0.29) is 6.42 Å². The van der Waals surface area contributed by atoms with Crippen LogP contribution >= 0.6 is 15.9 Å². The fraction of sp³-hybridized carbons (Fsp3) is 0.118. The Bertz CT molecular complexity index is 907. The molecule has 6 nitrogen and oxygen atoms in total. The van der Waals surface area contributed by atoms with Gasteiger partial charge >= 0.3 is 5.97 Å². The minimum Gasteiger partial charge on any atom is -0.480 e. The van der Waals surface area contributed by atoms with E-state index in [0.717, 1.165) is 10.9 Å². The Balaban J connectivity index is 1.82. The van der Waals surface area contributed by atoms with Crippen molar-refractivity contribution in [3.8, 4) is 0 Å². The Morgan fingerprint density at radius 1 is 1.25 bits per heavy atom. The van der Waals surface area contributed by atoms with Gasteiger partial charge in [0.05, 0.1) is 5.56 Å². The lowest BCUT2D eigenvalue weighted by atomic mass is 10.1. The van der Waals surface area contributed by atoms with E-state index < -0.39 is 17.9 Å². The number of rotatable bonds is 5. The second-order valence-electron chi connectivity index (χ2n) is 5.26. The molecule has 0 unspecified atom stereocenters. The number of pyridine rings is 1. The number of halogens is 1. The summed E-state index contributed by atoms with van der Waals surface area (Å²) in [5.41, 5.74) is 1.87. The Hall–Kier alpha value is -2.67. The molecular formula is C17H14BrN3O3. The summed E-state index contributed by atoms with van der Waals surface area (Å²) in [4.78, 5) is 31.1. The first kappa shape index (κ1) is 16.2. The van der Waals surface area contributed by atoms with E-state index in [0.29, 0.717) is 15.7 Å². The zero-order valence-corrected chi connectivity index (χ0v) is 14.1. The molecule has 122 valence electrons. The van der Waals surface area contributed by atoms with E-state index in [1.165, 1.54) is 0 Å². The van der Waals surface area contributed by atoms with E-state index in [1.54, 1.807) is 42.7 Å². The Kier molecular flexibility index (Phi) is 4.61. The molecule has 0 aliphatic carbocycles. The Morgan fingerprint density at radius 3 is 2.79 bits per heavy atom. The highest BCUT2D eigenvalue weighted by atomic mass is 79.9. The molecule has 0 fully saturated rings. The molecule has 0 saturated heterocycles. The van der Waals surface area contributed by atoms with Crippen LogP contribution in [-0.2, 0) is 11.2 Å². The molecule has 2 aromatic heterocycles. The molecule has 3 N–H and O–H groups in total. The monoisotopic (exact) mass is 387 g/mol. The number of hydrogen-bond donors (Lipinski definition) is 3. The topological polar surface area (TPSA) is 95.1 Å². The van der Waals surface area contributed by atoms with Gasteiger partial charge in [0.1, 0.15) is 11.7 Å². The van der Waals surface area contributed by atoms with Crippen LogP contribution < -0.4 is 5.32 Å². The number of aliphatic carboxylic acids is 1. The third kappa shape index (κ3) is 3.30. The van der Waals surface area contributed by atoms with Gasteiger partial charge < -0.3 is 15.4 Å². The Labute approximate surface area is 146 Å². The molecule has 0 bridgehead atoms. The zero-order chi connectivity index (χ0) is 17.1. The van der Waals surface area contributed by atoms with Gasteiger partial charge in [0.15, 0.2) is 0 Å². The molecule has 0 aliphatic rings. The predicted octanol–water partition coefficient (Wildman–Crippen LogP) is 2.75. The van der Waals surface area contributed by atoms with Gasteiger partial charge in [-0.15, -0.1) is 0 Å². The molecular weight excluding hydrogens is 374 g/mol. The zero-order valence-electron chi connectivity index (χ0n) is 12.5. The maximum atomic E-state index is 12.3. The SMILES string of the molecule is O=C(N[C@@H](Cc1c[nH]c2ncccc12)C(=O)O)c1ccccc1Br. The first-order valence-electron chi connectivity index (χ1n) is 7.25. The second-order valence-corrected chi connectivity index (χ2v) is 6.12. The number of amides is 1. The van der Waals surface area contributed by atoms with E-state index in [4.69, 9.17) is 0 Å². The van der Waals surface area contributed by atoms with Gasteiger partial charge in [-0.1, -0.05) is 12.1 Å². The Morgan fingerprint density at radius 2 is 2.04 bits per heavy atom. The van der Waals surface area contributed by atoms with Crippen LogP contribution in [0.2, 0.25) is 0 Å². The number of carbonyl (C=O) groups is 2. The summed E-state index contributed by atoms with van der Waals surface area (Å²) < 4.78 is 0.614. The first-order chi connectivity index (χ1) is 11.6. The van der Waals surface area contributed by atoms with Crippen LogP contribution in [0.15, 0.2) is 53.3 Å². The first-order valence-corrected chi connectivity index (χ1v) is 8.04. The third-order valence-electron chi connectivity index (χ3n) is 3.68. The van der Waals surface area contributed by atoms with Crippen molar-refractivity contribution in [3.63, 3.8) is 0 Å². The van der Waals surface area contributed by atoms with Crippen molar-refractivity contribution in [1.29, 1.82) is 0 Å². The number of H-pyrrole nitrogens is 1. The van der Waals surface area contributed by atoms with Crippen molar-refractivity contribution in [2.45, 2.75) is 12.5 Å². The molecule has 0 spiro atoms. The number of fused-ring (bicyclic) bond motifs is 1. The number of benzene rings is 1. The van der Waals surface area contributed by atoms with Crippen molar-refractivity contribution in [2.75, 3.05) is 0 Å². The van der Waals surface area contributed by atoms with Crippen LogP contribution in [0, 0.1) is 0 Å².